The Kier molecular flexibility index (Phi) is 1.67. The Morgan fingerprint density at radius 1 is 1.67 bits per heavy atom. The lowest BCUT2D eigenvalue weighted by molar-refractivity contribution is 0.402. The Morgan fingerprint density at radius 3 is 2.89 bits per heavy atom. The van der Waals surface area contributed by atoms with Crippen LogP contribution in [0.5, 0.6) is 0 Å². The number of hydrogen-bond donors (Lipinski definition) is 1. The van der Waals surface area contributed by atoms with Gasteiger partial charge in [0.1, 0.15) is 6.20 Å². The molecule has 1 aromatic rings. The first kappa shape index (κ1) is 6.07. The summed E-state index contributed by atoms with van der Waals surface area (Å²) < 4.78 is 4.67. The molecule has 0 atom stereocenters. The van der Waals surface area contributed by atoms with Crippen LogP contribution in [0.1, 0.15) is 13.8 Å². The van der Waals surface area contributed by atoms with Crippen molar-refractivity contribution in [1.29, 1.82) is 0 Å². The predicted octanol–water partition coefficient (Wildman–Crippen LogP) is 0.890. The third-order valence-corrected chi connectivity index (χ3v) is 0.792. The van der Waals surface area contributed by atoms with Crippen LogP contribution in [0.15, 0.2) is 10.7 Å². The van der Waals surface area contributed by atoms with Gasteiger partial charge in [-0.05, 0) is 13.8 Å². The maximum absolute atomic E-state index is 4.67. The van der Waals surface area contributed by atoms with Gasteiger partial charge in [0.2, 0.25) is 5.88 Å². The van der Waals surface area contributed by atoms with E-state index in [9.17, 15) is 0 Å². The molecule has 1 rings (SSSR count). The van der Waals surface area contributed by atoms with E-state index in [1.807, 2.05) is 13.8 Å². The first-order valence-electron chi connectivity index (χ1n) is 2.83. The van der Waals surface area contributed by atoms with E-state index >= 15 is 0 Å². The fourth-order valence-electron chi connectivity index (χ4n) is 0.515. The number of rotatable bonds is 2. The van der Waals surface area contributed by atoms with Crippen molar-refractivity contribution in [3.05, 3.63) is 6.20 Å². The summed E-state index contributed by atoms with van der Waals surface area (Å²) in [5.41, 5.74) is 0. The van der Waals surface area contributed by atoms with Crippen LogP contribution in [0.3, 0.4) is 0 Å². The van der Waals surface area contributed by atoms with E-state index in [0.717, 1.165) is 0 Å². The number of aromatic nitrogens is 2. The van der Waals surface area contributed by atoms with Crippen molar-refractivity contribution in [3.63, 3.8) is 0 Å². The van der Waals surface area contributed by atoms with Crippen LogP contribution in [-0.4, -0.2) is 16.4 Å². The molecule has 0 radical (unpaired) electrons. The highest BCUT2D eigenvalue weighted by molar-refractivity contribution is 5.25. The molecular formula is C5H9N3O. The molecule has 50 valence electrons. The van der Waals surface area contributed by atoms with Crippen molar-refractivity contribution in [2.45, 2.75) is 19.9 Å². The van der Waals surface area contributed by atoms with Gasteiger partial charge in [0.15, 0.2) is 0 Å². The molecule has 1 heterocycles. The van der Waals surface area contributed by atoms with E-state index < -0.39 is 0 Å². The van der Waals surface area contributed by atoms with Crippen LogP contribution >= 0.6 is 0 Å². The minimum Gasteiger partial charge on any atom is -0.350 e. The predicted molar refractivity (Wildman–Crippen MR) is 33.1 cm³/mol. The van der Waals surface area contributed by atoms with Gasteiger partial charge in [-0.15, -0.1) is 5.10 Å². The van der Waals surface area contributed by atoms with E-state index in [1.54, 1.807) is 6.20 Å². The monoisotopic (exact) mass is 127 g/mol. The number of hydrogen-bond acceptors (Lipinski definition) is 4. The minimum atomic E-state index is 0.361. The molecule has 0 aliphatic rings. The molecule has 9 heavy (non-hydrogen) atoms. The van der Waals surface area contributed by atoms with Gasteiger partial charge in [0.05, 0.1) is 0 Å². The lowest BCUT2D eigenvalue weighted by Gasteiger charge is -2.01. The van der Waals surface area contributed by atoms with Crippen LogP contribution < -0.4 is 5.32 Å². The number of nitrogens with zero attached hydrogens (tertiary/aromatic N) is 2. The maximum Gasteiger partial charge on any atom is 0.245 e. The molecule has 0 aliphatic heterocycles. The first-order chi connectivity index (χ1) is 4.29. The van der Waals surface area contributed by atoms with Crippen molar-refractivity contribution in [2.24, 2.45) is 0 Å². The van der Waals surface area contributed by atoms with Crippen LogP contribution in [0, 0.1) is 0 Å². The zero-order valence-electron chi connectivity index (χ0n) is 5.46. The summed E-state index contributed by atoms with van der Waals surface area (Å²) >= 11 is 0. The second kappa shape index (κ2) is 2.48. The largest absolute Gasteiger partial charge is 0.350 e. The van der Waals surface area contributed by atoms with E-state index in [1.165, 1.54) is 0 Å². The van der Waals surface area contributed by atoms with Crippen LogP contribution in [0.4, 0.5) is 5.88 Å². The Hall–Kier alpha value is -1.06. The Bertz CT molecular complexity index is 159. The SMILES string of the molecule is CC(C)Nc1cnno1. The molecule has 1 aromatic heterocycles. The van der Waals surface area contributed by atoms with Crippen molar-refractivity contribution in [2.75, 3.05) is 5.32 Å². The summed E-state index contributed by atoms with van der Waals surface area (Å²) in [4.78, 5) is 0. The highest BCUT2D eigenvalue weighted by Crippen LogP contribution is 2.01. The van der Waals surface area contributed by atoms with Gasteiger partial charge in [-0.2, -0.15) is 0 Å². The van der Waals surface area contributed by atoms with Gasteiger partial charge >= 0.3 is 0 Å². The maximum atomic E-state index is 4.67. The lowest BCUT2D eigenvalue weighted by Crippen LogP contribution is -2.08. The molecule has 0 bridgehead atoms. The van der Waals surface area contributed by atoms with Crippen molar-refractivity contribution >= 4 is 5.88 Å². The zero-order chi connectivity index (χ0) is 6.69. The molecule has 0 saturated carbocycles. The standard InChI is InChI=1S/C5H9N3O/c1-4(2)7-5-3-6-8-9-5/h3-4,7H,1-2H3. The summed E-state index contributed by atoms with van der Waals surface area (Å²) in [6, 6.07) is 0.361. The molecule has 0 aliphatic carbocycles. The number of nitrogens with one attached hydrogen (secondary N) is 1. The molecular weight excluding hydrogens is 118 g/mol. The Morgan fingerprint density at radius 2 is 2.44 bits per heavy atom. The molecule has 4 heteroatoms. The average molecular weight is 127 g/mol. The van der Waals surface area contributed by atoms with Crippen LogP contribution in [0.2, 0.25) is 0 Å². The topological polar surface area (TPSA) is 51.0 Å². The highest BCUT2D eigenvalue weighted by atomic mass is 16.5. The van der Waals surface area contributed by atoms with Crippen molar-refractivity contribution in [3.8, 4) is 0 Å². The summed E-state index contributed by atoms with van der Waals surface area (Å²) in [7, 11) is 0. The smallest absolute Gasteiger partial charge is 0.245 e. The van der Waals surface area contributed by atoms with Gasteiger partial charge in [-0.3, -0.25) is 0 Å². The normalized spacial score (nSPS) is 10.1. The van der Waals surface area contributed by atoms with E-state index in [0.29, 0.717) is 11.9 Å². The highest BCUT2D eigenvalue weighted by Gasteiger charge is 1.96. The molecule has 0 fully saturated rings. The van der Waals surface area contributed by atoms with Crippen LogP contribution in [-0.2, 0) is 0 Å². The second-order valence-electron chi connectivity index (χ2n) is 2.08. The molecule has 0 aromatic carbocycles. The van der Waals surface area contributed by atoms with E-state index in [2.05, 4.69) is 20.2 Å². The summed E-state index contributed by atoms with van der Waals surface area (Å²) in [5, 5.41) is 9.78. The van der Waals surface area contributed by atoms with Gasteiger partial charge in [0.25, 0.3) is 0 Å². The molecule has 0 saturated heterocycles. The first-order valence-corrected chi connectivity index (χ1v) is 2.83. The number of anilines is 1. The van der Waals surface area contributed by atoms with Crippen LogP contribution in [0.25, 0.3) is 0 Å². The van der Waals surface area contributed by atoms with Gasteiger partial charge in [-0.1, -0.05) is 0 Å². The van der Waals surface area contributed by atoms with Crippen molar-refractivity contribution in [1.82, 2.24) is 10.4 Å². The Balaban J connectivity index is 2.48. The fraction of sp³-hybridized carbons (Fsp3) is 0.600. The zero-order valence-corrected chi connectivity index (χ0v) is 5.46. The van der Waals surface area contributed by atoms with Gasteiger partial charge in [0, 0.05) is 11.3 Å². The molecule has 0 spiro atoms. The summed E-state index contributed by atoms with van der Waals surface area (Å²) in [5.74, 6) is 0.616. The van der Waals surface area contributed by atoms with E-state index in [4.69, 9.17) is 0 Å². The molecule has 4 nitrogen and oxygen atoms in total. The Labute approximate surface area is 53.2 Å². The third kappa shape index (κ3) is 1.71. The quantitative estimate of drug-likeness (QED) is 0.641. The van der Waals surface area contributed by atoms with Gasteiger partial charge < -0.3 is 9.84 Å². The van der Waals surface area contributed by atoms with E-state index in [-0.39, 0.29) is 0 Å². The minimum absolute atomic E-state index is 0.361. The summed E-state index contributed by atoms with van der Waals surface area (Å²) in [6.45, 7) is 4.03. The third-order valence-electron chi connectivity index (χ3n) is 0.792. The van der Waals surface area contributed by atoms with Crippen molar-refractivity contribution < 1.29 is 4.52 Å². The fourth-order valence-corrected chi connectivity index (χ4v) is 0.515. The lowest BCUT2D eigenvalue weighted by atomic mass is 10.4. The average Bonchev–Trinajstić information content (AvgIpc) is 2.15. The molecule has 0 amide bonds. The molecule has 1 N–H and O–H groups in total. The van der Waals surface area contributed by atoms with Gasteiger partial charge in [-0.25, -0.2) is 0 Å². The second-order valence-corrected chi connectivity index (χ2v) is 2.08. The molecule has 0 unspecified atom stereocenters. The summed E-state index contributed by atoms with van der Waals surface area (Å²) in [6.07, 6.45) is 1.54.